The van der Waals surface area contributed by atoms with Crippen molar-refractivity contribution in [3.8, 4) is 0 Å². The van der Waals surface area contributed by atoms with E-state index in [0.717, 1.165) is 11.1 Å². The normalized spacial score (nSPS) is 21.1. The number of ketones is 1. The fourth-order valence-electron chi connectivity index (χ4n) is 6.02. The van der Waals surface area contributed by atoms with Crippen LogP contribution in [0.25, 0.3) is 0 Å². The summed E-state index contributed by atoms with van der Waals surface area (Å²) in [5.41, 5.74) is 1.71. The molecule has 0 aromatic heterocycles. The molecule has 0 bridgehead atoms. The fourth-order valence-corrected chi connectivity index (χ4v) is 6.02. The second-order valence-corrected chi connectivity index (χ2v) is 11.6. The van der Waals surface area contributed by atoms with Gasteiger partial charge < -0.3 is 26.0 Å². The Balaban J connectivity index is 1.40. The summed E-state index contributed by atoms with van der Waals surface area (Å²) in [7, 11) is 0. The number of carboxylic acid groups (broad SMARTS) is 1. The van der Waals surface area contributed by atoms with E-state index in [0.29, 0.717) is 51.6 Å². The highest BCUT2D eigenvalue weighted by molar-refractivity contribution is 5.91. The Morgan fingerprint density at radius 1 is 0.953 bits per heavy atom. The average Bonchev–Trinajstić information content (AvgIpc) is 3.68. The quantitative estimate of drug-likeness (QED) is 0.264. The molecule has 0 aliphatic carbocycles. The van der Waals surface area contributed by atoms with Crippen LogP contribution in [0.4, 0.5) is 0 Å². The van der Waals surface area contributed by atoms with Gasteiger partial charge in [0.25, 0.3) is 0 Å². The number of Topliss-reactive ketones (excluding diaryl/α,β-unsaturated/α-hetero) is 1. The van der Waals surface area contributed by atoms with E-state index in [4.69, 9.17) is 0 Å². The summed E-state index contributed by atoms with van der Waals surface area (Å²) < 4.78 is 0. The smallest absolute Gasteiger partial charge is 0.326 e. The molecule has 10 heteroatoms. The molecular formula is C33H42N4O6. The van der Waals surface area contributed by atoms with Gasteiger partial charge in [0.1, 0.15) is 17.9 Å². The lowest BCUT2D eigenvalue weighted by Gasteiger charge is -2.29. The van der Waals surface area contributed by atoms with Gasteiger partial charge in [0.2, 0.25) is 17.7 Å². The Labute approximate surface area is 252 Å². The van der Waals surface area contributed by atoms with E-state index in [2.05, 4.69) is 16.0 Å². The number of nitrogens with zero attached hydrogens (tertiary/aromatic N) is 1. The molecule has 43 heavy (non-hydrogen) atoms. The Kier molecular flexibility index (Phi) is 11.4. The Morgan fingerprint density at radius 2 is 1.60 bits per heavy atom. The topological polar surface area (TPSA) is 145 Å². The number of likely N-dealkylation sites (tertiary alicyclic amines) is 1. The number of carbonyl (C=O) groups excluding carboxylic acids is 4. The molecule has 3 amide bonds. The first kappa shape index (κ1) is 31.9. The van der Waals surface area contributed by atoms with Crippen LogP contribution < -0.4 is 16.0 Å². The molecule has 2 saturated heterocycles. The minimum atomic E-state index is -1.14. The molecular weight excluding hydrogens is 548 g/mol. The summed E-state index contributed by atoms with van der Waals surface area (Å²) in [4.78, 5) is 65.6. The maximum Gasteiger partial charge on any atom is 0.326 e. The first-order chi connectivity index (χ1) is 20.7. The zero-order valence-corrected chi connectivity index (χ0v) is 24.7. The van der Waals surface area contributed by atoms with Crippen molar-refractivity contribution < 1.29 is 29.1 Å². The predicted molar refractivity (Wildman–Crippen MR) is 161 cm³/mol. The Bertz CT molecular complexity index is 1270. The van der Waals surface area contributed by atoms with Gasteiger partial charge in [-0.15, -0.1) is 0 Å². The monoisotopic (exact) mass is 590 g/mol. The molecule has 2 aromatic rings. The molecule has 4 N–H and O–H groups in total. The number of carboxylic acids is 1. The number of hydrogen-bond donors (Lipinski definition) is 4. The standard InChI is InChI=1S/C33H42N4O6/c1-2-26(38)17-24-19-27(34-21-24)32(41)37-15-9-14-29(37)31(40)35-25(16-22-10-5-3-6-11-22)20-30(39)36-28(33(42)43)18-23-12-7-4-8-13-23/h3-8,10-13,24-25,27-29,34H,2,9,14-21H2,1H3,(H,35,40)(H,36,39)(H,42,43). The highest BCUT2D eigenvalue weighted by Crippen LogP contribution is 2.25. The lowest BCUT2D eigenvalue weighted by Crippen LogP contribution is -2.53. The number of nitrogens with one attached hydrogen (secondary N) is 3. The molecule has 2 aliphatic rings. The molecule has 5 atom stereocenters. The summed E-state index contributed by atoms with van der Waals surface area (Å²) in [6.07, 6.45) is 3.11. The van der Waals surface area contributed by atoms with E-state index in [-0.39, 0.29) is 36.4 Å². The van der Waals surface area contributed by atoms with Crippen LogP contribution in [0.3, 0.4) is 0 Å². The molecule has 0 radical (unpaired) electrons. The van der Waals surface area contributed by atoms with Crippen LogP contribution in [0, 0.1) is 5.92 Å². The second kappa shape index (κ2) is 15.4. The van der Waals surface area contributed by atoms with E-state index in [1.165, 1.54) is 0 Å². The lowest BCUT2D eigenvalue weighted by molar-refractivity contribution is -0.142. The molecule has 0 spiro atoms. The maximum atomic E-state index is 13.6. The number of hydrogen-bond acceptors (Lipinski definition) is 6. The Hall–Kier alpha value is -4.05. The van der Waals surface area contributed by atoms with Crippen LogP contribution in [0.2, 0.25) is 0 Å². The lowest BCUT2D eigenvalue weighted by atomic mass is 9.97. The number of aliphatic carboxylic acids is 1. The van der Waals surface area contributed by atoms with Crippen molar-refractivity contribution in [3.63, 3.8) is 0 Å². The number of benzene rings is 2. The van der Waals surface area contributed by atoms with Gasteiger partial charge in [-0.1, -0.05) is 67.6 Å². The van der Waals surface area contributed by atoms with Crippen LogP contribution in [-0.4, -0.2) is 76.7 Å². The third-order valence-electron chi connectivity index (χ3n) is 8.29. The van der Waals surface area contributed by atoms with E-state index in [1.54, 1.807) is 17.0 Å². The van der Waals surface area contributed by atoms with Crippen LogP contribution >= 0.6 is 0 Å². The molecule has 2 heterocycles. The summed E-state index contributed by atoms with van der Waals surface area (Å²) in [5.74, 6) is -1.78. The van der Waals surface area contributed by atoms with Crippen LogP contribution in [0.15, 0.2) is 60.7 Å². The molecule has 2 aliphatic heterocycles. The van der Waals surface area contributed by atoms with Crippen molar-refractivity contribution >= 4 is 29.5 Å². The largest absolute Gasteiger partial charge is 0.480 e. The maximum absolute atomic E-state index is 13.6. The molecule has 230 valence electrons. The highest BCUT2D eigenvalue weighted by atomic mass is 16.4. The summed E-state index contributed by atoms with van der Waals surface area (Å²) in [6, 6.07) is 15.7. The van der Waals surface area contributed by atoms with E-state index in [1.807, 2.05) is 55.5 Å². The van der Waals surface area contributed by atoms with Crippen molar-refractivity contribution in [2.45, 2.75) is 82.5 Å². The van der Waals surface area contributed by atoms with Crippen LogP contribution in [0.1, 0.15) is 56.6 Å². The summed E-state index contributed by atoms with van der Waals surface area (Å²) in [6.45, 7) is 2.91. The van der Waals surface area contributed by atoms with E-state index >= 15 is 0 Å². The first-order valence-corrected chi connectivity index (χ1v) is 15.2. The average molecular weight is 591 g/mol. The van der Waals surface area contributed by atoms with Crippen molar-refractivity contribution in [2.24, 2.45) is 5.92 Å². The third-order valence-corrected chi connectivity index (χ3v) is 8.29. The number of amides is 3. The Morgan fingerprint density at radius 3 is 2.23 bits per heavy atom. The molecule has 2 aromatic carbocycles. The van der Waals surface area contributed by atoms with Crippen LogP contribution in [-0.2, 0) is 36.8 Å². The highest BCUT2D eigenvalue weighted by Gasteiger charge is 2.40. The van der Waals surface area contributed by atoms with Gasteiger partial charge in [-0.3, -0.25) is 19.2 Å². The zero-order chi connectivity index (χ0) is 30.8. The summed E-state index contributed by atoms with van der Waals surface area (Å²) in [5, 5.41) is 18.6. The van der Waals surface area contributed by atoms with Gasteiger partial charge in [0, 0.05) is 38.3 Å². The second-order valence-electron chi connectivity index (χ2n) is 11.6. The van der Waals surface area contributed by atoms with Gasteiger partial charge in [0.15, 0.2) is 0 Å². The van der Waals surface area contributed by atoms with Gasteiger partial charge in [-0.05, 0) is 49.3 Å². The molecule has 2 fully saturated rings. The summed E-state index contributed by atoms with van der Waals surface area (Å²) >= 11 is 0. The van der Waals surface area contributed by atoms with E-state index in [9.17, 15) is 29.1 Å². The first-order valence-electron chi connectivity index (χ1n) is 15.2. The minimum absolute atomic E-state index is 0.113. The van der Waals surface area contributed by atoms with Gasteiger partial charge in [-0.2, -0.15) is 0 Å². The van der Waals surface area contributed by atoms with Crippen LogP contribution in [0.5, 0.6) is 0 Å². The zero-order valence-electron chi connectivity index (χ0n) is 24.7. The predicted octanol–water partition coefficient (Wildman–Crippen LogP) is 2.25. The van der Waals surface area contributed by atoms with Crippen molar-refractivity contribution in [3.05, 3.63) is 71.8 Å². The van der Waals surface area contributed by atoms with Crippen molar-refractivity contribution in [1.82, 2.24) is 20.9 Å². The fraction of sp³-hybridized carbons (Fsp3) is 0.485. The van der Waals surface area contributed by atoms with E-state index < -0.39 is 36.0 Å². The van der Waals surface area contributed by atoms with Gasteiger partial charge in [0.05, 0.1) is 6.04 Å². The SMILES string of the molecule is CCC(=O)CC1CNC(C(=O)N2CCCC2C(=O)NC(CC(=O)NC(Cc2ccccc2)C(=O)O)Cc2ccccc2)C1. The molecule has 4 rings (SSSR count). The number of carbonyl (C=O) groups is 5. The number of rotatable bonds is 14. The van der Waals surface area contributed by atoms with Gasteiger partial charge >= 0.3 is 5.97 Å². The third kappa shape index (κ3) is 9.22. The minimum Gasteiger partial charge on any atom is -0.480 e. The molecule has 10 nitrogen and oxygen atoms in total. The van der Waals surface area contributed by atoms with Crippen molar-refractivity contribution in [1.29, 1.82) is 0 Å². The van der Waals surface area contributed by atoms with Gasteiger partial charge in [-0.25, -0.2) is 4.79 Å². The molecule has 0 saturated carbocycles. The molecule has 5 unspecified atom stereocenters. The van der Waals surface area contributed by atoms with Crippen molar-refractivity contribution in [2.75, 3.05) is 13.1 Å².